The molecule has 0 amide bonds. The zero-order chi connectivity index (χ0) is 11.3. The molecule has 4 heteroatoms. The van der Waals surface area contributed by atoms with Gasteiger partial charge in [0.25, 0.3) is 0 Å². The monoisotopic (exact) mass is 336 g/mol. The van der Waals surface area contributed by atoms with Crippen LogP contribution in [0, 0.1) is 0 Å². The van der Waals surface area contributed by atoms with Crippen molar-refractivity contribution in [3.05, 3.63) is 28.2 Å². The molecule has 0 heterocycles. The second-order valence-corrected chi connectivity index (χ2v) is 4.67. The lowest BCUT2D eigenvalue weighted by atomic mass is 10.2. The van der Waals surface area contributed by atoms with Gasteiger partial charge in [0.05, 0.1) is 10.6 Å². The summed E-state index contributed by atoms with van der Waals surface area (Å²) in [4.78, 5) is 0. The fourth-order valence-electron chi connectivity index (χ4n) is 1.02. The minimum atomic E-state index is 0.104. The number of methoxy groups -OCH3 is 1. The summed E-state index contributed by atoms with van der Waals surface area (Å²) in [7, 11) is 1.68. The lowest BCUT2D eigenvalue weighted by Gasteiger charge is -2.13. The van der Waals surface area contributed by atoms with Crippen LogP contribution in [0.2, 0.25) is 0 Å². The fraction of sp³-hybridized carbons (Fsp3) is 0.455. The van der Waals surface area contributed by atoms with Crippen molar-refractivity contribution in [2.45, 2.75) is 18.4 Å². The maximum absolute atomic E-state index is 5.60. The normalized spacial score (nSPS) is 12.5. The van der Waals surface area contributed by atoms with E-state index >= 15 is 0 Å². The van der Waals surface area contributed by atoms with E-state index in [1.165, 1.54) is 5.56 Å². The van der Waals surface area contributed by atoms with Crippen LogP contribution in [-0.4, -0.2) is 19.8 Å². The van der Waals surface area contributed by atoms with Crippen LogP contribution in [0.1, 0.15) is 12.5 Å². The van der Waals surface area contributed by atoms with Gasteiger partial charge in [-0.05, 0) is 40.5 Å². The highest BCUT2D eigenvalue weighted by molar-refractivity contribution is 9.10. The Morgan fingerprint density at radius 3 is 2.67 bits per heavy atom. The number of alkyl halides is 1. The van der Waals surface area contributed by atoms with Crippen molar-refractivity contribution < 1.29 is 9.47 Å². The molecule has 0 aromatic heterocycles. The number of halogens is 2. The largest absolute Gasteiger partial charge is 0.490 e. The molecule has 1 unspecified atom stereocenters. The smallest absolute Gasteiger partial charge is 0.133 e. The predicted octanol–water partition coefficient (Wildman–Crippen LogP) is 3.76. The van der Waals surface area contributed by atoms with E-state index in [2.05, 4.69) is 31.9 Å². The second kappa shape index (κ2) is 6.51. The van der Waals surface area contributed by atoms with E-state index in [0.717, 1.165) is 15.6 Å². The highest BCUT2D eigenvalue weighted by Crippen LogP contribution is 2.26. The first kappa shape index (κ1) is 13.0. The Kier molecular flexibility index (Phi) is 5.64. The Labute approximate surface area is 107 Å². The molecule has 1 aromatic rings. The van der Waals surface area contributed by atoms with Crippen LogP contribution in [-0.2, 0) is 10.1 Å². The van der Waals surface area contributed by atoms with Gasteiger partial charge in [0.1, 0.15) is 12.4 Å². The number of benzene rings is 1. The van der Waals surface area contributed by atoms with Crippen LogP contribution in [0.5, 0.6) is 5.75 Å². The van der Waals surface area contributed by atoms with Gasteiger partial charge in [0.2, 0.25) is 0 Å². The van der Waals surface area contributed by atoms with Gasteiger partial charge >= 0.3 is 0 Å². The third-order valence-corrected chi connectivity index (χ3v) is 3.29. The molecule has 0 fully saturated rings. The standard InChI is InChI=1S/C11H14Br2O2/c1-8(14-2)7-15-11-4-3-9(6-12)5-10(11)13/h3-5,8H,6-7H2,1-2H3. The van der Waals surface area contributed by atoms with Gasteiger partial charge in [-0.1, -0.05) is 22.0 Å². The van der Waals surface area contributed by atoms with Crippen molar-refractivity contribution in [3.63, 3.8) is 0 Å². The Bertz CT molecular complexity index is 315. The van der Waals surface area contributed by atoms with Gasteiger partial charge in [0, 0.05) is 12.4 Å². The van der Waals surface area contributed by atoms with E-state index in [0.29, 0.717) is 6.61 Å². The highest BCUT2D eigenvalue weighted by atomic mass is 79.9. The number of hydrogen-bond donors (Lipinski definition) is 0. The zero-order valence-corrected chi connectivity index (χ0v) is 12.0. The third-order valence-electron chi connectivity index (χ3n) is 2.03. The van der Waals surface area contributed by atoms with Crippen LogP contribution < -0.4 is 4.74 Å². The molecule has 0 aliphatic heterocycles. The van der Waals surface area contributed by atoms with Crippen LogP contribution in [0.4, 0.5) is 0 Å². The molecule has 2 nitrogen and oxygen atoms in total. The molecule has 0 saturated heterocycles. The summed E-state index contributed by atoms with van der Waals surface area (Å²) in [5.74, 6) is 0.851. The number of rotatable bonds is 5. The first-order chi connectivity index (χ1) is 7.17. The minimum absolute atomic E-state index is 0.104. The minimum Gasteiger partial charge on any atom is -0.490 e. The first-order valence-electron chi connectivity index (χ1n) is 4.67. The van der Waals surface area contributed by atoms with Crippen molar-refractivity contribution >= 4 is 31.9 Å². The number of ether oxygens (including phenoxy) is 2. The summed E-state index contributed by atoms with van der Waals surface area (Å²) in [5.41, 5.74) is 1.22. The van der Waals surface area contributed by atoms with Gasteiger partial charge in [-0.25, -0.2) is 0 Å². The van der Waals surface area contributed by atoms with E-state index in [9.17, 15) is 0 Å². The Balaban J connectivity index is 2.62. The van der Waals surface area contributed by atoms with Crippen molar-refractivity contribution in [1.29, 1.82) is 0 Å². The average Bonchev–Trinajstić information content (AvgIpc) is 2.26. The first-order valence-corrected chi connectivity index (χ1v) is 6.58. The zero-order valence-electron chi connectivity index (χ0n) is 8.80. The lowest BCUT2D eigenvalue weighted by Crippen LogP contribution is -2.16. The van der Waals surface area contributed by atoms with E-state index < -0.39 is 0 Å². The molecular formula is C11H14Br2O2. The maximum atomic E-state index is 5.60. The van der Waals surface area contributed by atoms with E-state index in [4.69, 9.17) is 9.47 Å². The van der Waals surface area contributed by atoms with Crippen LogP contribution in [0.15, 0.2) is 22.7 Å². The van der Waals surface area contributed by atoms with Gasteiger partial charge in [-0.2, -0.15) is 0 Å². The van der Waals surface area contributed by atoms with Crippen LogP contribution >= 0.6 is 31.9 Å². The van der Waals surface area contributed by atoms with Gasteiger partial charge < -0.3 is 9.47 Å². The molecule has 0 saturated carbocycles. The summed E-state index contributed by atoms with van der Waals surface area (Å²) in [6, 6.07) is 6.04. The van der Waals surface area contributed by atoms with Gasteiger partial charge in [-0.3, -0.25) is 0 Å². The summed E-state index contributed by atoms with van der Waals surface area (Å²) in [6.45, 7) is 2.53. The SMILES string of the molecule is COC(C)COc1ccc(CBr)cc1Br. The summed E-state index contributed by atoms with van der Waals surface area (Å²) < 4.78 is 11.7. The van der Waals surface area contributed by atoms with Crippen molar-refractivity contribution in [3.8, 4) is 5.75 Å². The Morgan fingerprint density at radius 2 is 2.13 bits per heavy atom. The average molecular weight is 338 g/mol. The molecule has 0 bridgehead atoms. The molecular weight excluding hydrogens is 324 g/mol. The van der Waals surface area contributed by atoms with Gasteiger partial charge in [0.15, 0.2) is 0 Å². The molecule has 1 atom stereocenters. The van der Waals surface area contributed by atoms with E-state index in [1.807, 2.05) is 25.1 Å². The Hall–Kier alpha value is -0.0600. The molecule has 0 spiro atoms. The summed E-state index contributed by atoms with van der Waals surface area (Å²) in [6.07, 6.45) is 0.104. The van der Waals surface area contributed by atoms with Crippen molar-refractivity contribution in [2.24, 2.45) is 0 Å². The fourth-order valence-corrected chi connectivity index (χ4v) is 1.91. The molecule has 0 radical (unpaired) electrons. The van der Waals surface area contributed by atoms with Crippen LogP contribution in [0.3, 0.4) is 0 Å². The van der Waals surface area contributed by atoms with Crippen molar-refractivity contribution in [2.75, 3.05) is 13.7 Å². The summed E-state index contributed by atoms with van der Waals surface area (Å²) in [5, 5.41) is 0.848. The molecule has 1 aromatic carbocycles. The van der Waals surface area contributed by atoms with Crippen LogP contribution in [0.25, 0.3) is 0 Å². The molecule has 15 heavy (non-hydrogen) atoms. The predicted molar refractivity (Wildman–Crippen MR) is 68.7 cm³/mol. The van der Waals surface area contributed by atoms with Gasteiger partial charge in [-0.15, -0.1) is 0 Å². The second-order valence-electron chi connectivity index (χ2n) is 3.26. The lowest BCUT2D eigenvalue weighted by molar-refractivity contribution is 0.0714. The van der Waals surface area contributed by atoms with E-state index in [1.54, 1.807) is 7.11 Å². The summed E-state index contributed by atoms with van der Waals surface area (Å²) >= 11 is 6.88. The molecule has 0 aliphatic rings. The highest BCUT2D eigenvalue weighted by Gasteiger charge is 2.05. The topological polar surface area (TPSA) is 18.5 Å². The van der Waals surface area contributed by atoms with E-state index in [-0.39, 0.29) is 6.10 Å². The third kappa shape index (κ3) is 4.13. The molecule has 0 aliphatic carbocycles. The molecule has 0 N–H and O–H groups in total. The molecule has 84 valence electrons. The molecule has 1 rings (SSSR count). The Morgan fingerprint density at radius 1 is 1.40 bits per heavy atom. The quantitative estimate of drug-likeness (QED) is 0.762. The number of hydrogen-bond acceptors (Lipinski definition) is 2. The maximum Gasteiger partial charge on any atom is 0.133 e. The van der Waals surface area contributed by atoms with Crippen molar-refractivity contribution in [1.82, 2.24) is 0 Å².